The lowest BCUT2D eigenvalue weighted by Crippen LogP contribution is -2.49. The maximum atomic E-state index is 12.1. The summed E-state index contributed by atoms with van der Waals surface area (Å²) in [7, 11) is 1.66. The summed E-state index contributed by atoms with van der Waals surface area (Å²) in [5, 5.41) is 2.73. The molecular formula is C14H20N4OS. The minimum absolute atomic E-state index is 0.0156. The van der Waals surface area contributed by atoms with Gasteiger partial charge < -0.3 is 16.0 Å². The fourth-order valence-electron chi connectivity index (χ4n) is 2.58. The van der Waals surface area contributed by atoms with Gasteiger partial charge in [0.15, 0.2) is 0 Å². The van der Waals surface area contributed by atoms with Gasteiger partial charge in [0.1, 0.15) is 16.8 Å². The number of thiocarbonyl (C=S) groups is 1. The summed E-state index contributed by atoms with van der Waals surface area (Å²) < 4.78 is 0. The van der Waals surface area contributed by atoms with Gasteiger partial charge in [-0.05, 0) is 38.3 Å². The Morgan fingerprint density at radius 1 is 1.50 bits per heavy atom. The second-order valence-electron chi connectivity index (χ2n) is 5.01. The summed E-state index contributed by atoms with van der Waals surface area (Å²) in [6.45, 7) is 2.72. The molecule has 0 saturated carbocycles. The molecule has 0 aromatic carbocycles. The molecule has 0 aliphatic carbocycles. The summed E-state index contributed by atoms with van der Waals surface area (Å²) in [5.74, 6) is 0.743. The van der Waals surface area contributed by atoms with Gasteiger partial charge in [-0.3, -0.25) is 4.79 Å². The van der Waals surface area contributed by atoms with Crippen LogP contribution in [0, 0.1) is 6.92 Å². The summed E-state index contributed by atoms with van der Waals surface area (Å²) in [4.78, 5) is 19.0. The number of aryl methyl sites for hydroxylation is 1. The van der Waals surface area contributed by atoms with Gasteiger partial charge in [-0.1, -0.05) is 12.2 Å². The van der Waals surface area contributed by atoms with Crippen molar-refractivity contribution in [3.8, 4) is 0 Å². The fourth-order valence-corrected chi connectivity index (χ4v) is 2.74. The number of nitrogens with two attached hydrogens (primary N) is 1. The van der Waals surface area contributed by atoms with Crippen LogP contribution >= 0.6 is 12.2 Å². The maximum Gasteiger partial charge on any atom is 0.242 e. The van der Waals surface area contributed by atoms with Gasteiger partial charge in [-0.25, -0.2) is 4.98 Å². The molecule has 1 amide bonds. The van der Waals surface area contributed by atoms with Crippen molar-refractivity contribution in [3.05, 3.63) is 23.4 Å². The first-order valence-corrected chi connectivity index (χ1v) is 7.21. The Hall–Kier alpha value is -1.69. The van der Waals surface area contributed by atoms with Crippen LogP contribution in [-0.2, 0) is 4.79 Å². The average Bonchev–Trinajstić information content (AvgIpc) is 2.46. The van der Waals surface area contributed by atoms with E-state index in [-0.39, 0.29) is 11.9 Å². The number of hydrogen-bond donors (Lipinski definition) is 2. The quantitative estimate of drug-likeness (QED) is 0.817. The van der Waals surface area contributed by atoms with Gasteiger partial charge in [0, 0.05) is 19.3 Å². The summed E-state index contributed by atoms with van der Waals surface area (Å²) in [6.07, 6.45) is 2.91. The molecule has 2 rings (SSSR count). The molecule has 1 aliphatic heterocycles. The number of carbonyl (C=O) groups excluding carboxylic acids is 1. The predicted molar refractivity (Wildman–Crippen MR) is 83.9 cm³/mol. The van der Waals surface area contributed by atoms with Crippen molar-refractivity contribution in [2.75, 3.05) is 18.5 Å². The Morgan fingerprint density at radius 2 is 2.25 bits per heavy atom. The van der Waals surface area contributed by atoms with Gasteiger partial charge in [-0.2, -0.15) is 0 Å². The first-order chi connectivity index (χ1) is 9.54. The number of carbonyl (C=O) groups is 1. The molecule has 1 atom stereocenters. The third-order valence-electron chi connectivity index (χ3n) is 3.60. The second kappa shape index (κ2) is 6.17. The Balaban J connectivity index is 2.44. The number of piperidine rings is 1. The topological polar surface area (TPSA) is 71.2 Å². The van der Waals surface area contributed by atoms with Crippen LogP contribution in [-0.4, -0.2) is 35.5 Å². The van der Waals surface area contributed by atoms with Crippen LogP contribution in [0.2, 0.25) is 0 Å². The first-order valence-electron chi connectivity index (χ1n) is 6.80. The third kappa shape index (κ3) is 2.90. The highest BCUT2D eigenvalue weighted by atomic mass is 32.1. The van der Waals surface area contributed by atoms with Gasteiger partial charge in [0.2, 0.25) is 5.91 Å². The van der Waals surface area contributed by atoms with Crippen LogP contribution < -0.4 is 16.0 Å². The smallest absolute Gasteiger partial charge is 0.242 e. The minimum atomic E-state index is -0.198. The number of nitrogens with one attached hydrogen (secondary N) is 1. The SMILES string of the molecule is CNC(=O)C1CCCCN1c1nc(C)ccc1C(N)=S. The van der Waals surface area contributed by atoms with Crippen LogP contribution in [0.3, 0.4) is 0 Å². The van der Waals surface area contributed by atoms with Crippen LogP contribution in [0.4, 0.5) is 5.82 Å². The molecule has 2 heterocycles. The highest BCUT2D eigenvalue weighted by Gasteiger charge is 2.30. The van der Waals surface area contributed by atoms with E-state index in [2.05, 4.69) is 10.3 Å². The molecule has 0 radical (unpaired) electrons. The van der Waals surface area contributed by atoms with Gasteiger partial charge >= 0.3 is 0 Å². The molecule has 5 nitrogen and oxygen atoms in total. The molecule has 0 spiro atoms. The van der Waals surface area contributed by atoms with E-state index in [1.165, 1.54) is 0 Å². The number of nitrogens with zero attached hydrogens (tertiary/aromatic N) is 2. The Kier molecular flexibility index (Phi) is 4.54. The number of aromatic nitrogens is 1. The van der Waals surface area contributed by atoms with Gasteiger partial charge in [0.05, 0.1) is 5.56 Å². The normalized spacial score (nSPS) is 18.7. The highest BCUT2D eigenvalue weighted by molar-refractivity contribution is 7.80. The zero-order valence-corrected chi connectivity index (χ0v) is 12.7. The monoisotopic (exact) mass is 292 g/mol. The standard InChI is InChI=1S/C14H20N4OS/c1-9-6-7-10(12(15)20)13(17-9)18-8-4-3-5-11(18)14(19)16-2/h6-7,11H,3-5,8H2,1-2H3,(H2,15,20)(H,16,19). The summed E-state index contributed by atoms with van der Waals surface area (Å²) in [6, 6.07) is 3.57. The van der Waals surface area contributed by atoms with E-state index in [0.717, 1.165) is 42.9 Å². The molecule has 6 heteroatoms. The third-order valence-corrected chi connectivity index (χ3v) is 3.82. The molecule has 1 aromatic heterocycles. The Labute approximate surface area is 124 Å². The van der Waals surface area contributed by atoms with Crippen LogP contribution in [0.25, 0.3) is 0 Å². The van der Waals surface area contributed by atoms with Gasteiger partial charge in [0.25, 0.3) is 0 Å². The number of hydrogen-bond acceptors (Lipinski definition) is 4. The zero-order chi connectivity index (χ0) is 14.7. The van der Waals surface area contributed by atoms with Crippen molar-refractivity contribution in [3.63, 3.8) is 0 Å². The van der Waals surface area contributed by atoms with Crippen molar-refractivity contribution >= 4 is 28.9 Å². The maximum absolute atomic E-state index is 12.1. The summed E-state index contributed by atoms with van der Waals surface area (Å²) in [5.41, 5.74) is 7.42. The summed E-state index contributed by atoms with van der Waals surface area (Å²) >= 11 is 5.11. The number of anilines is 1. The highest BCUT2D eigenvalue weighted by Crippen LogP contribution is 2.27. The largest absolute Gasteiger partial charge is 0.389 e. The van der Waals surface area contributed by atoms with E-state index in [1.807, 2.05) is 24.0 Å². The van der Waals surface area contributed by atoms with Crippen molar-refractivity contribution in [2.24, 2.45) is 5.73 Å². The molecule has 3 N–H and O–H groups in total. The number of pyridine rings is 1. The van der Waals surface area contributed by atoms with Crippen molar-refractivity contribution < 1.29 is 4.79 Å². The van der Waals surface area contributed by atoms with E-state index >= 15 is 0 Å². The van der Waals surface area contributed by atoms with E-state index in [0.29, 0.717) is 4.99 Å². The van der Waals surface area contributed by atoms with Crippen molar-refractivity contribution in [2.45, 2.75) is 32.2 Å². The van der Waals surface area contributed by atoms with Crippen molar-refractivity contribution in [1.82, 2.24) is 10.3 Å². The average molecular weight is 292 g/mol. The van der Waals surface area contributed by atoms with E-state index in [1.54, 1.807) is 7.05 Å². The lowest BCUT2D eigenvalue weighted by Gasteiger charge is -2.36. The molecule has 1 unspecified atom stereocenters. The van der Waals surface area contributed by atoms with Crippen molar-refractivity contribution in [1.29, 1.82) is 0 Å². The Morgan fingerprint density at radius 3 is 2.90 bits per heavy atom. The molecule has 20 heavy (non-hydrogen) atoms. The Bertz CT molecular complexity index is 532. The predicted octanol–water partition coefficient (Wildman–Crippen LogP) is 1.13. The lowest BCUT2D eigenvalue weighted by molar-refractivity contribution is -0.122. The molecule has 0 bridgehead atoms. The molecule has 1 aromatic rings. The number of amides is 1. The zero-order valence-electron chi connectivity index (χ0n) is 11.8. The first kappa shape index (κ1) is 14.7. The van der Waals surface area contributed by atoms with Crippen LogP contribution in [0.1, 0.15) is 30.5 Å². The van der Waals surface area contributed by atoms with E-state index in [9.17, 15) is 4.79 Å². The lowest BCUT2D eigenvalue weighted by atomic mass is 10.0. The molecule has 1 fully saturated rings. The number of rotatable bonds is 3. The van der Waals surface area contributed by atoms with E-state index in [4.69, 9.17) is 18.0 Å². The second-order valence-corrected chi connectivity index (χ2v) is 5.45. The minimum Gasteiger partial charge on any atom is -0.389 e. The fraction of sp³-hybridized carbons (Fsp3) is 0.500. The molecule has 108 valence electrons. The van der Waals surface area contributed by atoms with Crippen LogP contribution in [0.15, 0.2) is 12.1 Å². The molecular weight excluding hydrogens is 272 g/mol. The molecule has 1 aliphatic rings. The van der Waals surface area contributed by atoms with Crippen LogP contribution in [0.5, 0.6) is 0 Å². The number of likely N-dealkylation sites (N-methyl/N-ethyl adjacent to an activating group) is 1. The van der Waals surface area contributed by atoms with E-state index < -0.39 is 0 Å². The van der Waals surface area contributed by atoms with Gasteiger partial charge in [-0.15, -0.1) is 0 Å². The molecule has 1 saturated heterocycles.